The smallest absolute Gasteiger partial charge is 0.261 e. The Bertz CT molecular complexity index is 674. The molecule has 1 amide bonds. The Balaban J connectivity index is 1.97. The van der Waals surface area contributed by atoms with Crippen LogP contribution in [0.15, 0.2) is 42.5 Å². The van der Waals surface area contributed by atoms with Crippen molar-refractivity contribution in [2.24, 2.45) is 0 Å². The summed E-state index contributed by atoms with van der Waals surface area (Å²) in [6.45, 7) is 7.73. The van der Waals surface area contributed by atoms with E-state index in [1.165, 1.54) is 0 Å². The summed E-state index contributed by atoms with van der Waals surface area (Å²) in [6, 6.07) is 13.5. The van der Waals surface area contributed by atoms with Crippen LogP contribution in [0.4, 0.5) is 0 Å². The second-order valence-corrected chi connectivity index (χ2v) is 6.09. The third-order valence-electron chi connectivity index (χ3n) is 3.85. The highest BCUT2D eigenvalue weighted by molar-refractivity contribution is 5.81. The van der Waals surface area contributed by atoms with Crippen molar-refractivity contribution in [2.75, 3.05) is 7.11 Å². The van der Waals surface area contributed by atoms with E-state index in [0.717, 1.165) is 22.4 Å². The van der Waals surface area contributed by atoms with Crippen LogP contribution in [0.2, 0.25) is 0 Å². The maximum Gasteiger partial charge on any atom is 0.261 e. The molecule has 2 rings (SSSR count). The van der Waals surface area contributed by atoms with Crippen molar-refractivity contribution >= 4 is 5.91 Å². The molecule has 128 valence electrons. The summed E-state index contributed by atoms with van der Waals surface area (Å²) in [5.41, 5.74) is 3.25. The van der Waals surface area contributed by atoms with Crippen LogP contribution in [0.3, 0.4) is 0 Å². The number of carbonyl (C=O) groups is 1. The Morgan fingerprint density at radius 3 is 2.08 bits per heavy atom. The number of hydrogen-bond donors (Lipinski definition) is 1. The molecule has 4 nitrogen and oxygen atoms in total. The summed E-state index contributed by atoms with van der Waals surface area (Å²) < 4.78 is 10.9. The zero-order valence-electron chi connectivity index (χ0n) is 14.9. The van der Waals surface area contributed by atoms with Gasteiger partial charge in [-0.25, -0.2) is 0 Å². The number of carbonyl (C=O) groups excluding carboxylic acids is 1. The summed E-state index contributed by atoms with van der Waals surface area (Å²) >= 11 is 0. The molecule has 0 bridgehead atoms. The Labute approximate surface area is 143 Å². The van der Waals surface area contributed by atoms with Gasteiger partial charge in [-0.2, -0.15) is 0 Å². The monoisotopic (exact) mass is 327 g/mol. The second-order valence-electron chi connectivity index (χ2n) is 6.09. The van der Waals surface area contributed by atoms with E-state index in [0.29, 0.717) is 5.75 Å². The minimum Gasteiger partial charge on any atom is -0.497 e. The van der Waals surface area contributed by atoms with Crippen molar-refractivity contribution in [2.45, 2.75) is 39.8 Å². The topological polar surface area (TPSA) is 47.6 Å². The summed E-state index contributed by atoms with van der Waals surface area (Å²) in [5, 5.41) is 2.98. The SMILES string of the molecule is COc1ccc([C@@H](C)NC(=O)[C@H](C)Oc2cc(C)cc(C)c2)cc1. The van der Waals surface area contributed by atoms with Crippen molar-refractivity contribution in [3.05, 3.63) is 59.2 Å². The van der Waals surface area contributed by atoms with Gasteiger partial charge in [0.05, 0.1) is 13.2 Å². The lowest BCUT2D eigenvalue weighted by Gasteiger charge is -2.19. The van der Waals surface area contributed by atoms with Gasteiger partial charge >= 0.3 is 0 Å². The molecule has 0 aliphatic heterocycles. The number of aryl methyl sites for hydroxylation is 2. The van der Waals surface area contributed by atoms with E-state index in [1.807, 2.05) is 57.2 Å². The number of methoxy groups -OCH3 is 1. The van der Waals surface area contributed by atoms with Crippen molar-refractivity contribution in [3.63, 3.8) is 0 Å². The van der Waals surface area contributed by atoms with Gasteiger partial charge in [0.1, 0.15) is 11.5 Å². The third kappa shape index (κ3) is 4.75. The van der Waals surface area contributed by atoms with Gasteiger partial charge in [0.15, 0.2) is 6.10 Å². The molecule has 0 saturated heterocycles. The van der Waals surface area contributed by atoms with Crippen LogP contribution in [0.1, 0.15) is 36.6 Å². The van der Waals surface area contributed by atoms with Crippen LogP contribution in [0, 0.1) is 13.8 Å². The first-order valence-corrected chi connectivity index (χ1v) is 8.08. The molecular weight excluding hydrogens is 302 g/mol. The maximum absolute atomic E-state index is 12.4. The van der Waals surface area contributed by atoms with E-state index in [-0.39, 0.29) is 11.9 Å². The molecule has 0 unspecified atom stereocenters. The van der Waals surface area contributed by atoms with E-state index < -0.39 is 6.10 Å². The van der Waals surface area contributed by atoms with Crippen LogP contribution >= 0.6 is 0 Å². The molecule has 0 aliphatic carbocycles. The Morgan fingerprint density at radius 1 is 0.958 bits per heavy atom. The average Bonchev–Trinajstić information content (AvgIpc) is 2.53. The minimum absolute atomic E-state index is 0.103. The van der Waals surface area contributed by atoms with Gasteiger partial charge in [0.25, 0.3) is 5.91 Å². The Morgan fingerprint density at radius 2 is 1.54 bits per heavy atom. The first-order valence-electron chi connectivity index (χ1n) is 8.08. The molecule has 0 fully saturated rings. The fourth-order valence-corrected chi connectivity index (χ4v) is 2.57. The number of ether oxygens (including phenoxy) is 2. The summed E-state index contributed by atoms with van der Waals surface area (Å²) in [5.74, 6) is 1.37. The van der Waals surface area contributed by atoms with Gasteiger partial charge in [0.2, 0.25) is 0 Å². The zero-order chi connectivity index (χ0) is 17.7. The van der Waals surface area contributed by atoms with Crippen LogP contribution in [-0.4, -0.2) is 19.1 Å². The molecule has 0 saturated carbocycles. The number of amides is 1. The van der Waals surface area contributed by atoms with Crippen LogP contribution in [-0.2, 0) is 4.79 Å². The lowest BCUT2D eigenvalue weighted by Crippen LogP contribution is -2.37. The predicted octanol–water partition coefficient (Wildman–Crippen LogP) is 3.96. The van der Waals surface area contributed by atoms with E-state index in [2.05, 4.69) is 11.4 Å². The maximum atomic E-state index is 12.4. The van der Waals surface area contributed by atoms with Crippen LogP contribution < -0.4 is 14.8 Å². The minimum atomic E-state index is -0.563. The van der Waals surface area contributed by atoms with Gasteiger partial charge < -0.3 is 14.8 Å². The number of hydrogen-bond acceptors (Lipinski definition) is 3. The highest BCUT2D eigenvalue weighted by atomic mass is 16.5. The van der Waals surface area contributed by atoms with Gasteiger partial charge in [-0.15, -0.1) is 0 Å². The van der Waals surface area contributed by atoms with E-state index in [4.69, 9.17) is 9.47 Å². The lowest BCUT2D eigenvalue weighted by atomic mass is 10.1. The first kappa shape index (κ1) is 17.9. The Kier molecular flexibility index (Phi) is 5.85. The molecule has 2 aromatic carbocycles. The van der Waals surface area contributed by atoms with Gasteiger partial charge in [0, 0.05) is 0 Å². The number of nitrogens with one attached hydrogen (secondary N) is 1. The fraction of sp³-hybridized carbons (Fsp3) is 0.350. The third-order valence-corrected chi connectivity index (χ3v) is 3.85. The number of rotatable bonds is 6. The molecule has 24 heavy (non-hydrogen) atoms. The van der Waals surface area contributed by atoms with Crippen molar-refractivity contribution < 1.29 is 14.3 Å². The predicted molar refractivity (Wildman–Crippen MR) is 95.6 cm³/mol. The van der Waals surface area contributed by atoms with E-state index in [9.17, 15) is 4.79 Å². The van der Waals surface area contributed by atoms with E-state index in [1.54, 1.807) is 14.0 Å². The molecule has 0 radical (unpaired) electrons. The number of benzene rings is 2. The average molecular weight is 327 g/mol. The Hall–Kier alpha value is -2.49. The van der Waals surface area contributed by atoms with Gasteiger partial charge in [-0.3, -0.25) is 4.79 Å². The second kappa shape index (κ2) is 7.86. The van der Waals surface area contributed by atoms with Crippen LogP contribution in [0.5, 0.6) is 11.5 Å². The first-order chi connectivity index (χ1) is 11.4. The molecule has 0 spiro atoms. The largest absolute Gasteiger partial charge is 0.497 e. The lowest BCUT2D eigenvalue weighted by molar-refractivity contribution is -0.127. The molecule has 1 N–H and O–H groups in total. The van der Waals surface area contributed by atoms with Crippen molar-refractivity contribution in [1.29, 1.82) is 0 Å². The van der Waals surface area contributed by atoms with Crippen molar-refractivity contribution in [3.8, 4) is 11.5 Å². The van der Waals surface area contributed by atoms with Crippen molar-refractivity contribution in [1.82, 2.24) is 5.32 Å². The standard InChI is InChI=1S/C20H25NO3/c1-13-10-14(2)12-19(11-13)24-16(4)20(22)21-15(3)17-6-8-18(23-5)9-7-17/h6-12,15-16H,1-5H3,(H,21,22)/t15-,16+/m1/s1. The molecule has 0 aromatic heterocycles. The zero-order valence-corrected chi connectivity index (χ0v) is 14.9. The summed E-state index contributed by atoms with van der Waals surface area (Å²) in [6.07, 6.45) is -0.563. The summed E-state index contributed by atoms with van der Waals surface area (Å²) in [4.78, 5) is 12.4. The molecule has 4 heteroatoms. The fourth-order valence-electron chi connectivity index (χ4n) is 2.57. The molecule has 2 aromatic rings. The molecule has 0 heterocycles. The van der Waals surface area contributed by atoms with Crippen LogP contribution in [0.25, 0.3) is 0 Å². The van der Waals surface area contributed by atoms with E-state index >= 15 is 0 Å². The molecule has 0 aliphatic rings. The van der Waals surface area contributed by atoms with Gasteiger partial charge in [-0.1, -0.05) is 18.2 Å². The highest BCUT2D eigenvalue weighted by Crippen LogP contribution is 2.19. The summed E-state index contributed by atoms with van der Waals surface area (Å²) in [7, 11) is 1.63. The molecular formula is C20H25NO3. The highest BCUT2D eigenvalue weighted by Gasteiger charge is 2.18. The normalized spacial score (nSPS) is 13.0. The quantitative estimate of drug-likeness (QED) is 0.874. The molecule has 2 atom stereocenters. The van der Waals surface area contributed by atoms with Gasteiger partial charge in [-0.05, 0) is 68.7 Å².